The van der Waals surface area contributed by atoms with E-state index in [2.05, 4.69) is 0 Å². The molecule has 1 heterocycles. The van der Waals surface area contributed by atoms with Crippen molar-refractivity contribution < 1.29 is 22.5 Å². The van der Waals surface area contributed by atoms with E-state index >= 15 is 0 Å². The molecule has 1 aromatic carbocycles. The third kappa shape index (κ3) is 2.83. The lowest BCUT2D eigenvalue weighted by molar-refractivity contribution is 0.00578. The lowest BCUT2D eigenvalue weighted by Gasteiger charge is -2.32. The van der Waals surface area contributed by atoms with Gasteiger partial charge >= 0.3 is 7.12 Å². The first kappa shape index (κ1) is 16.6. The van der Waals surface area contributed by atoms with Crippen molar-refractivity contribution >= 4 is 7.12 Å². The average molecular weight is 324 g/mol. The third-order valence-corrected chi connectivity index (χ3v) is 5.18. The Kier molecular flexibility index (Phi) is 3.88. The Morgan fingerprint density at radius 1 is 1.09 bits per heavy atom. The number of rotatable bonds is 2. The van der Waals surface area contributed by atoms with Gasteiger partial charge in [-0.15, -0.1) is 0 Å². The van der Waals surface area contributed by atoms with Crippen LogP contribution in [0.15, 0.2) is 29.5 Å². The van der Waals surface area contributed by atoms with Gasteiger partial charge in [0, 0.05) is 0 Å². The van der Waals surface area contributed by atoms with Crippen molar-refractivity contribution in [3.05, 3.63) is 46.7 Å². The van der Waals surface area contributed by atoms with E-state index in [-0.39, 0.29) is 5.92 Å². The molecule has 1 aliphatic carbocycles. The van der Waals surface area contributed by atoms with Crippen molar-refractivity contribution in [2.45, 2.75) is 57.7 Å². The van der Waals surface area contributed by atoms with Gasteiger partial charge in [-0.2, -0.15) is 0 Å². The van der Waals surface area contributed by atoms with Gasteiger partial charge in [-0.3, -0.25) is 0 Å². The fraction of sp³-hybridized carbons (Fsp3) is 0.529. The third-order valence-electron chi connectivity index (χ3n) is 5.18. The van der Waals surface area contributed by atoms with Crippen LogP contribution in [0.3, 0.4) is 0 Å². The van der Waals surface area contributed by atoms with Crippen molar-refractivity contribution in [2.75, 3.05) is 0 Å². The molecule has 0 radical (unpaired) electrons. The summed E-state index contributed by atoms with van der Waals surface area (Å²) in [6.45, 7) is 7.43. The zero-order valence-corrected chi connectivity index (χ0v) is 13.8. The van der Waals surface area contributed by atoms with Crippen LogP contribution in [-0.4, -0.2) is 18.3 Å². The first-order chi connectivity index (χ1) is 10.6. The monoisotopic (exact) mass is 324 g/mol. The van der Waals surface area contributed by atoms with Crippen LogP contribution in [0.25, 0.3) is 0 Å². The van der Waals surface area contributed by atoms with Gasteiger partial charge < -0.3 is 9.31 Å². The summed E-state index contributed by atoms with van der Waals surface area (Å²) in [5, 5.41) is 0. The van der Waals surface area contributed by atoms with E-state index in [1.807, 2.05) is 27.7 Å². The largest absolute Gasteiger partial charge is 0.525 e. The van der Waals surface area contributed by atoms with Gasteiger partial charge in [0.05, 0.1) is 11.2 Å². The van der Waals surface area contributed by atoms with Crippen molar-refractivity contribution in [2.24, 2.45) is 0 Å². The van der Waals surface area contributed by atoms with Crippen molar-refractivity contribution in [3.8, 4) is 0 Å². The lowest BCUT2D eigenvalue weighted by Crippen LogP contribution is -2.41. The summed E-state index contributed by atoms with van der Waals surface area (Å²) in [6, 6.07) is 3.37. The summed E-state index contributed by atoms with van der Waals surface area (Å²) in [5.41, 5.74) is -0.787. The fourth-order valence-electron chi connectivity index (χ4n) is 2.89. The fourth-order valence-corrected chi connectivity index (χ4v) is 2.89. The Balaban J connectivity index is 1.73. The maximum Gasteiger partial charge on any atom is 0.525 e. The normalized spacial score (nSPS) is 25.4. The molecule has 1 aromatic rings. The summed E-state index contributed by atoms with van der Waals surface area (Å²) in [6.07, 6.45) is 0.715. The number of hydrogen-bond acceptors (Lipinski definition) is 2. The molecular weight excluding hydrogens is 304 g/mol. The summed E-state index contributed by atoms with van der Waals surface area (Å²) < 4.78 is 52.9. The number of halogens is 3. The predicted octanol–water partition coefficient (Wildman–Crippen LogP) is 4.70. The molecule has 3 rings (SSSR count). The zero-order valence-electron chi connectivity index (χ0n) is 13.8. The Morgan fingerprint density at radius 2 is 1.65 bits per heavy atom. The van der Waals surface area contributed by atoms with E-state index in [1.54, 1.807) is 0 Å². The molecule has 0 spiro atoms. The van der Waals surface area contributed by atoms with E-state index in [1.165, 1.54) is 6.07 Å². The minimum Gasteiger partial charge on any atom is -0.398 e. The van der Waals surface area contributed by atoms with Gasteiger partial charge in [0.25, 0.3) is 0 Å². The van der Waals surface area contributed by atoms with E-state index in [9.17, 15) is 13.2 Å². The molecular formula is C17H20BF3O2. The Hall–Kier alpha value is -1.27. The smallest absolute Gasteiger partial charge is 0.398 e. The molecule has 1 aliphatic heterocycles. The summed E-state index contributed by atoms with van der Waals surface area (Å²) in [7, 11) is -1.02. The maximum atomic E-state index is 14.6. The van der Waals surface area contributed by atoms with E-state index < -0.39 is 35.7 Å². The first-order valence-electron chi connectivity index (χ1n) is 7.79. The minimum atomic E-state index is -1.02. The van der Waals surface area contributed by atoms with Crippen molar-refractivity contribution in [1.29, 1.82) is 0 Å². The zero-order chi connectivity index (χ0) is 17.0. The molecule has 1 saturated heterocycles. The van der Waals surface area contributed by atoms with Gasteiger partial charge in [-0.25, -0.2) is 13.2 Å². The molecule has 0 N–H and O–H groups in total. The molecule has 0 amide bonds. The van der Waals surface area contributed by atoms with Crippen molar-refractivity contribution in [3.63, 3.8) is 0 Å². The van der Waals surface area contributed by atoms with E-state index in [0.29, 0.717) is 24.0 Å². The second-order valence-corrected chi connectivity index (χ2v) is 7.31. The molecule has 2 aliphatic rings. The Morgan fingerprint density at radius 3 is 2.22 bits per heavy atom. The van der Waals surface area contributed by atoms with Crippen LogP contribution >= 0.6 is 0 Å². The molecule has 0 bridgehead atoms. The second-order valence-electron chi connectivity index (χ2n) is 7.31. The molecule has 124 valence electrons. The summed E-state index contributed by atoms with van der Waals surface area (Å²) in [5.74, 6) is -1.13. The van der Waals surface area contributed by atoms with Gasteiger partial charge in [-0.05, 0) is 75.8 Å². The highest BCUT2D eigenvalue weighted by Crippen LogP contribution is 2.47. The number of benzene rings is 1. The molecule has 0 aromatic heterocycles. The topological polar surface area (TPSA) is 18.5 Å². The molecule has 2 nitrogen and oxygen atoms in total. The van der Waals surface area contributed by atoms with Crippen LogP contribution in [0.2, 0.25) is 0 Å². The second kappa shape index (κ2) is 5.38. The molecule has 1 saturated carbocycles. The van der Waals surface area contributed by atoms with Crippen LogP contribution in [0.1, 0.15) is 52.0 Å². The van der Waals surface area contributed by atoms with Gasteiger partial charge in [0.1, 0.15) is 17.4 Å². The van der Waals surface area contributed by atoms with Gasteiger partial charge in [0.15, 0.2) is 0 Å². The molecule has 2 fully saturated rings. The molecule has 23 heavy (non-hydrogen) atoms. The van der Waals surface area contributed by atoms with Crippen LogP contribution in [0.4, 0.5) is 13.2 Å². The quantitative estimate of drug-likeness (QED) is 0.734. The van der Waals surface area contributed by atoms with Crippen molar-refractivity contribution in [1.82, 2.24) is 0 Å². The van der Waals surface area contributed by atoms with Gasteiger partial charge in [0.2, 0.25) is 0 Å². The number of hydrogen-bond donors (Lipinski definition) is 0. The molecule has 0 atom stereocenters. The summed E-state index contributed by atoms with van der Waals surface area (Å²) in [4.78, 5) is 0. The highest BCUT2D eigenvalue weighted by Gasteiger charge is 2.54. The van der Waals surface area contributed by atoms with Crippen LogP contribution < -0.4 is 0 Å². The Labute approximate surface area is 134 Å². The average Bonchev–Trinajstić information content (AvgIpc) is 2.61. The first-order valence-corrected chi connectivity index (χ1v) is 7.79. The van der Waals surface area contributed by atoms with E-state index in [4.69, 9.17) is 9.31 Å². The standard InChI is InChI=1S/C17H20BF3O2/c1-16(2)17(3,4)23-18(22-16)15(21)11-7-10(8-11)13-9-12(19)5-6-14(13)20/h5-6,9-10H,7-8H2,1-4H3. The maximum absolute atomic E-state index is 14.6. The Bertz CT molecular complexity index is 646. The highest BCUT2D eigenvalue weighted by atomic mass is 19.1. The molecule has 0 unspecified atom stereocenters. The highest BCUT2D eigenvalue weighted by molar-refractivity contribution is 6.53. The summed E-state index contributed by atoms with van der Waals surface area (Å²) >= 11 is 0. The number of allylic oxidation sites excluding steroid dienone is 1. The van der Waals surface area contributed by atoms with E-state index in [0.717, 1.165) is 12.1 Å². The minimum absolute atomic E-state index is 0.200. The lowest BCUT2D eigenvalue weighted by atomic mass is 9.70. The van der Waals surface area contributed by atoms with Crippen LogP contribution in [0.5, 0.6) is 0 Å². The van der Waals surface area contributed by atoms with Gasteiger partial charge in [-0.1, -0.05) is 0 Å². The molecule has 6 heteroatoms. The van der Waals surface area contributed by atoms with Crippen LogP contribution in [0, 0.1) is 11.6 Å². The van der Waals surface area contributed by atoms with Crippen LogP contribution in [-0.2, 0) is 9.31 Å². The SMILES string of the molecule is CC1(C)OB(C(F)=C2CC(c3cc(F)ccc3F)C2)OC1(C)C. The predicted molar refractivity (Wildman–Crippen MR) is 82.5 cm³/mol.